The van der Waals surface area contributed by atoms with E-state index in [1.807, 2.05) is 0 Å². The monoisotopic (exact) mass is 388 g/mol. The lowest BCUT2D eigenvalue weighted by Crippen LogP contribution is -2.65. The highest BCUT2D eigenvalue weighted by molar-refractivity contribution is 7.46. The highest BCUT2D eigenvalue weighted by atomic mass is 31.2. The van der Waals surface area contributed by atoms with Crippen LogP contribution in [0.25, 0.3) is 0 Å². The highest BCUT2D eigenvalue weighted by Crippen LogP contribution is 2.41. The molecule has 1 saturated carbocycles. The van der Waals surface area contributed by atoms with Gasteiger partial charge in [-0.3, -0.25) is 4.52 Å². The molecule has 1 rings (SSSR count). The van der Waals surface area contributed by atoms with E-state index in [0.29, 0.717) is 13.0 Å². The van der Waals surface area contributed by atoms with Crippen LogP contribution in [0.15, 0.2) is 0 Å². The van der Waals surface area contributed by atoms with Crippen molar-refractivity contribution in [1.82, 2.24) is 5.32 Å². The summed E-state index contributed by atoms with van der Waals surface area (Å²) in [6, 6.07) is 0. The number of unbranched alkanes of at least 4 members (excludes halogenated alkanes) is 2. The number of carbonyl (C=O) groups is 1. The molecule has 12 nitrogen and oxygen atoms in total. The Morgan fingerprint density at radius 1 is 0.960 bits per heavy atom. The molecule has 6 atom stereocenters. The highest BCUT2D eigenvalue weighted by Gasteiger charge is 2.53. The maximum atomic E-state index is 11.7. The summed E-state index contributed by atoms with van der Waals surface area (Å²) in [6.07, 6.45) is -10.4. The fraction of sp³-hybridized carbons (Fsp3) is 0.917. The van der Waals surface area contributed by atoms with E-state index in [-0.39, 0.29) is 6.54 Å². The quantitative estimate of drug-likeness (QED) is 0.156. The van der Waals surface area contributed by atoms with Gasteiger partial charge >= 0.3 is 13.9 Å². The van der Waals surface area contributed by atoms with Crippen molar-refractivity contribution in [1.29, 1.82) is 0 Å². The normalized spacial score (nSPS) is 33.1. The molecule has 0 bridgehead atoms. The summed E-state index contributed by atoms with van der Waals surface area (Å²) < 4.78 is 19.8. The third-order valence-corrected chi connectivity index (χ3v) is 4.22. The molecule has 1 amide bonds. The van der Waals surface area contributed by atoms with Crippen LogP contribution in [-0.4, -0.2) is 86.0 Å². The van der Waals surface area contributed by atoms with Crippen molar-refractivity contribution in [3.05, 3.63) is 0 Å². The van der Waals surface area contributed by atoms with Crippen molar-refractivity contribution in [3.8, 4) is 0 Å². The summed E-state index contributed by atoms with van der Waals surface area (Å²) in [7, 11) is -5.10. The van der Waals surface area contributed by atoms with Gasteiger partial charge in [-0.05, 0) is 19.4 Å². The number of aliphatic hydroxyl groups is 4. The van der Waals surface area contributed by atoms with E-state index in [1.54, 1.807) is 0 Å². The Hall–Kier alpha value is -0.820. The molecule has 2 unspecified atom stereocenters. The van der Waals surface area contributed by atoms with E-state index >= 15 is 0 Å². The van der Waals surface area contributed by atoms with Crippen molar-refractivity contribution in [2.75, 3.05) is 13.1 Å². The van der Waals surface area contributed by atoms with Crippen LogP contribution in [0.2, 0.25) is 0 Å². The van der Waals surface area contributed by atoms with Crippen molar-refractivity contribution in [3.63, 3.8) is 0 Å². The number of nitrogens with two attached hydrogens (primary N) is 1. The number of alkyl carbamates (subject to hydrolysis) is 1. The van der Waals surface area contributed by atoms with Gasteiger partial charge in [0, 0.05) is 6.54 Å². The summed E-state index contributed by atoms with van der Waals surface area (Å²) in [5.74, 6) is 0. The molecule has 0 heterocycles. The number of amides is 1. The number of phosphoric acid groups is 1. The second-order valence-electron chi connectivity index (χ2n) is 5.67. The SMILES string of the molecule is NCCCCCNC(=O)OC1[C@@H](O)[C@H](O)C(OP(=O)(O)O)[C@@H](O)[C@H]1O. The maximum absolute atomic E-state index is 11.7. The Morgan fingerprint density at radius 2 is 1.48 bits per heavy atom. The lowest BCUT2D eigenvalue weighted by molar-refractivity contribution is -0.219. The summed E-state index contributed by atoms with van der Waals surface area (Å²) in [5, 5.41) is 41.9. The molecule has 1 aliphatic carbocycles. The first-order valence-electron chi connectivity index (χ1n) is 7.69. The van der Waals surface area contributed by atoms with E-state index in [4.69, 9.17) is 20.3 Å². The molecule has 0 radical (unpaired) electrons. The van der Waals surface area contributed by atoms with Crippen LogP contribution in [-0.2, 0) is 13.8 Å². The number of nitrogens with one attached hydrogen (secondary N) is 1. The minimum absolute atomic E-state index is 0.257. The Bertz CT molecular complexity index is 459. The zero-order chi connectivity index (χ0) is 19.2. The second kappa shape index (κ2) is 9.76. The van der Waals surface area contributed by atoms with E-state index in [0.717, 1.165) is 12.8 Å². The largest absolute Gasteiger partial charge is 0.470 e. The molecule has 0 saturated heterocycles. The van der Waals surface area contributed by atoms with Gasteiger partial charge in [0.1, 0.15) is 30.5 Å². The van der Waals surface area contributed by atoms with Crippen LogP contribution < -0.4 is 11.1 Å². The smallest absolute Gasteiger partial charge is 0.440 e. The standard InChI is InChI=1S/C12H25N2O10P/c13-4-2-1-3-5-14-12(19)23-10-6(15)8(17)11(9(18)7(10)16)24-25(20,21)22/h6-11,15-18H,1-5,13H2,(H,14,19)(H2,20,21,22)/t6-,7+,8-,9-,10?,11?/m0/s1. The van der Waals surface area contributed by atoms with Crippen LogP contribution >= 0.6 is 7.82 Å². The summed E-state index contributed by atoms with van der Waals surface area (Å²) in [5.41, 5.74) is 5.33. The Morgan fingerprint density at radius 3 is 1.96 bits per heavy atom. The minimum atomic E-state index is -5.10. The summed E-state index contributed by atoms with van der Waals surface area (Å²) in [6.45, 7) is 0.783. The molecular weight excluding hydrogens is 363 g/mol. The first-order valence-corrected chi connectivity index (χ1v) is 9.22. The molecule has 0 aromatic rings. The predicted molar refractivity (Wildman–Crippen MR) is 82.1 cm³/mol. The van der Waals surface area contributed by atoms with Gasteiger partial charge in [0.25, 0.3) is 0 Å². The number of hydrogen-bond donors (Lipinski definition) is 8. The number of phosphoric ester groups is 1. The first-order chi connectivity index (χ1) is 11.6. The van der Waals surface area contributed by atoms with Crippen molar-refractivity contribution in [2.45, 2.75) is 55.9 Å². The van der Waals surface area contributed by atoms with E-state index < -0.39 is 50.5 Å². The van der Waals surface area contributed by atoms with Crippen molar-refractivity contribution in [2.24, 2.45) is 5.73 Å². The summed E-state index contributed by atoms with van der Waals surface area (Å²) >= 11 is 0. The van der Waals surface area contributed by atoms with E-state index in [9.17, 15) is 29.8 Å². The summed E-state index contributed by atoms with van der Waals surface area (Å²) in [4.78, 5) is 29.2. The fourth-order valence-electron chi connectivity index (χ4n) is 2.41. The topological polar surface area (TPSA) is 212 Å². The Labute approximate surface area is 143 Å². The van der Waals surface area contributed by atoms with Crippen molar-refractivity contribution < 1.29 is 48.8 Å². The van der Waals surface area contributed by atoms with Crippen LogP contribution in [0.4, 0.5) is 4.79 Å². The average molecular weight is 388 g/mol. The van der Waals surface area contributed by atoms with E-state index in [1.165, 1.54) is 0 Å². The number of rotatable bonds is 8. The third kappa shape index (κ3) is 6.77. The van der Waals surface area contributed by atoms with Crippen molar-refractivity contribution >= 4 is 13.9 Å². The second-order valence-corrected chi connectivity index (χ2v) is 6.86. The van der Waals surface area contributed by atoms with Crippen LogP contribution in [0.1, 0.15) is 19.3 Å². The molecule has 1 aliphatic rings. The number of hydrogen-bond acceptors (Lipinski definition) is 9. The Kier molecular flexibility index (Phi) is 8.68. The molecular formula is C12H25N2O10P. The van der Waals surface area contributed by atoms with Crippen LogP contribution in [0.3, 0.4) is 0 Å². The van der Waals surface area contributed by atoms with Crippen LogP contribution in [0, 0.1) is 0 Å². The van der Waals surface area contributed by atoms with Gasteiger partial charge in [-0.2, -0.15) is 0 Å². The lowest BCUT2D eigenvalue weighted by Gasteiger charge is -2.42. The van der Waals surface area contributed by atoms with Gasteiger partial charge in [-0.25, -0.2) is 9.36 Å². The molecule has 25 heavy (non-hydrogen) atoms. The Balaban J connectivity index is 2.61. The number of carbonyl (C=O) groups excluding carboxylic acids is 1. The minimum Gasteiger partial charge on any atom is -0.440 e. The van der Waals surface area contributed by atoms with Gasteiger partial charge in [0.15, 0.2) is 6.10 Å². The van der Waals surface area contributed by atoms with E-state index in [2.05, 4.69) is 9.84 Å². The van der Waals surface area contributed by atoms with Gasteiger partial charge in [-0.15, -0.1) is 0 Å². The average Bonchev–Trinajstić information content (AvgIpc) is 2.53. The predicted octanol–water partition coefficient (Wildman–Crippen LogP) is -2.85. The molecule has 0 aliphatic heterocycles. The van der Waals surface area contributed by atoms with Gasteiger partial charge in [0.05, 0.1) is 0 Å². The van der Waals surface area contributed by atoms with Gasteiger partial charge in [0.2, 0.25) is 0 Å². The fourth-order valence-corrected chi connectivity index (χ4v) is 2.97. The molecule has 9 N–H and O–H groups in total. The molecule has 1 fully saturated rings. The molecule has 0 aromatic heterocycles. The molecule has 0 spiro atoms. The maximum Gasteiger partial charge on any atom is 0.470 e. The lowest BCUT2D eigenvalue weighted by atomic mass is 9.85. The molecule has 0 aromatic carbocycles. The number of ether oxygens (including phenoxy) is 1. The van der Waals surface area contributed by atoms with Gasteiger partial charge in [-0.1, -0.05) is 6.42 Å². The number of aliphatic hydroxyl groups excluding tert-OH is 4. The zero-order valence-corrected chi connectivity index (χ0v) is 14.2. The molecule has 148 valence electrons. The van der Waals surface area contributed by atoms with Gasteiger partial charge < -0.3 is 46.0 Å². The zero-order valence-electron chi connectivity index (χ0n) is 13.3. The first kappa shape index (κ1) is 22.2. The third-order valence-electron chi connectivity index (χ3n) is 3.70. The molecule has 13 heteroatoms. The van der Waals surface area contributed by atoms with Crippen LogP contribution in [0.5, 0.6) is 0 Å².